The van der Waals surface area contributed by atoms with Crippen molar-refractivity contribution in [3.05, 3.63) is 27.1 Å². The van der Waals surface area contributed by atoms with Crippen LogP contribution >= 0.6 is 22.6 Å². The second-order valence-corrected chi connectivity index (χ2v) is 13.0. The molecule has 4 aliphatic carbocycles. The number of sulfonamides is 1. The van der Waals surface area contributed by atoms with Crippen LogP contribution in [-0.2, 0) is 10.0 Å². The molecular formula is C22H27FINO4S. The van der Waals surface area contributed by atoms with Gasteiger partial charge < -0.3 is 4.74 Å². The van der Waals surface area contributed by atoms with Crippen LogP contribution in [-0.4, -0.2) is 44.0 Å². The summed E-state index contributed by atoms with van der Waals surface area (Å²) in [5, 5.41) is 0. The summed E-state index contributed by atoms with van der Waals surface area (Å²) < 4.78 is 47.2. The maximum absolute atomic E-state index is 14.7. The summed E-state index contributed by atoms with van der Waals surface area (Å²) in [4.78, 5) is 12.5. The summed E-state index contributed by atoms with van der Waals surface area (Å²) in [6, 6.07) is 2.69. The van der Waals surface area contributed by atoms with E-state index in [4.69, 9.17) is 4.74 Å². The average molecular weight is 547 g/mol. The second kappa shape index (κ2) is 7.69. The molecular weight excluding hydrogens is 520 g/mol. The molecule has 6 rings (SSSR count). The van der Waals surface area contributed by atoms with Crippen LogP contribution in [0.3, 0.4) is 0 Å². The van der Waals surface area contributed by atoms with Crippen molar-refractivity contribution in [2.75, 3.05) is 25.4 Å². The van der Waals surface area contributed by atoms with Gasteiger partial charge in [0.25, 0.3) is 0 Å². The number of hydrogen-bond acceptors (Lipinski definition) is 4. The third-order valence-corrected chi connectivity index (χ3v) is 10.2. The van der Waals surface area contributed by atoms with Gasteiger partial charge in [0.1, 0.15) is 17.3 Å². The van der Waals surface area contributed by atoms with Crippen molar-refractivity contribution < 1.29 is 22.3 Å². The number of ketones is 1. The molecule has 0 unspecified atom stereocenters. The van der Waals surface area contributed by atoms with Crippen molar-refractivity contribution in [1.82, 2.24) is 4.31 Å². The Labute approximate surface area is 190 Å². The van der Waals surface area contributed by atoms with E-state index in [1.54, 1.807) is 0 Å². The molecule has 4 bridgehead atoms. The fourth-order valence-electron chi connectivity index (χ4n) is 6.45. The lowest BCUT2D eigenvalue weighted by molar-refractivity contribution is -0.0747. The normalized spacial score (nSPS) is 32.8. The van der Waals surface area contributed by atoms with Gasteiger partial charge in [-0.2, -0.15) is 0 Å². The van der Waals surface area contributed by atoms with Crippen LogP contribution in [0.15, 0.2) is 12.1 Å². The number of carbonyl (C=O) groups excluding carboxylic acids is 1. The number of carbonyl (C=O) groups is 1. The highest BCUT2D eigenvalue weighted by molar-refractivity contribution is 14.1. The van der Waals surface area contributed by atoms with Gasteiger partial charge in [-0.1, -0.05) is 0 Å². The Bertz CT molecular complexity index is 940. The molecule has 5 nitrogen and oxygen atoms in total. The molecule has 1 aromatic carbocycles. The number of rotatable bonds is 7. The fraction of sp³-hybridized carbons (Fsp3) is 0.682. The molecule has 1 saturated heterocycles. The highest BCUT2D eigenvalue weighted by Gasteiger charge is 2.51. The van der Waals surface area contributed by atoms with E-state index in [-0.39, 0.29) is 11.0 Å². The van der Waals surface area contributed by atoms with E-state index in [0.29, 0.717) is 29.0 Å². The van der Waals surface area contributed by atoms with Gasteiger partial charge >= 0.3 is 0 Å². The third kappa shape index (κ3) is 3.92. The number of Topliss-reactive ketones (excluding diaryl/α,β-unsaturated/α-hetero) is 1. The van der Waals surface area contributed by atoms with E-state index < -0.39 is 27.4 Å². The van der Waals surface area contributed by atoms with E-state index in [1.165, 1.54) is 55.0 Å². The van der Waals surface area contributed by atoms with Crippen LogP contribution in [0.25, 0.3) is 0 Å². The number of benzene rings is 1. The van der Waals surface area contributed by atoms with Gasteiger partial charge in [-0.15, -0.1) is 0 Å². The smallest absolute Gasteiger partial charge is 0.221 e. The lowest BCUT2D eigenvalue weighted by Crippen LogP contribution is -2.48. The number of ether oxygens (including phenoxy) is 1. The lowest BCUT2D eigenvalue weighted by Gasteiger charge is -2.56. The zero-order valence-corrected chi connectivity index (χ0v) is 19.9. The number of nitrogens with zero attached hydrogens (tertiary/aromatic N) is 1. The minimum Gasteiger partial charge on any atom is -0.492 e. The molecule has 0 amide bonds. The monoisotopic (exact) mass is 547 g/mol. The Kier molecular flexibility index (Phi) is 5.41. The molecule has 0 radical (unpaired) electrons. The first-order chi connectivity index (χ1) is 14.2. The summed E-state index contributed by atoms with van der Waals surface area (Å²) in [6.07, 6.45) is 8.53. The first-order valence-corrected chi connectivity index (χ1v) is 13.5. The van der Waals surface area contributed by atoms with E-state index in [0.717, 1.165) is 24.2 Å². The molecule has 164 valence electrons. The van der Waals surface area contributed by atoms with Crippen molar-refractivity contribution in [1.29, 1.82) is 0 Å². The highest BCUT2D eigenvalue weighted by atomic mass is 127. The number of halogens is 2. The molecule has 5 aliphatic rings. The van der Waals surface area contributed by atoms with E-state index >= 15 is 0 Å². The van der Waals surface area contributed by atoms with Crippen LogP contribution in [0.1, 0.15) is 55.3 Å². The van der Waals surface area contributed by atoms with Crippen molar-refractivity contribution in [2.45, 2.75) is 44.9 Å². The van der Waals surface area contributed by atoms with Crippen LogP contribution in [0.4, 0.5) is 4.39 Å². The van der Waals surface area contributed by atoms with Crippen LogP contribution in [0.2, 0.25) is 0 Å². The molecule has 30 heavy (non-hydrogen) atoms. The predicted molar refractivity (Wildman–Crippen MR) is 120 cm³/mol. The Balaban J connectivity index is 1.28. The van der Waals surface area contributed by atoms with Crippen molar-refractivity contribution >= 4 is 38.4 Å². The van der Waals surface area contributed by atoms with Gasteiger partial charge in [0.2, 0.25) is 10.0 Å². The van der Waals surface area contributed by atoms with Gasteiger partial charge in [0.05, 0.1) is 15.7 Å². The molecule has 1 aliphatic heterocycles. The summed E-state index contributed by atoms with van der Waals surface area (Å²) in [6.45, 7) is 1.47. The zero-order valence-electron chi connectivity index (χ0n) is 16.9. The van der Waals surface area contributed by atoms with Gasteiger partial charge in [-0.3, -0.25) is 4.79 Å². The molecule has 4 saturated carbocycles. The van der Waals surface area contributed by atoms with Gasteiger partial charge in [-0.05, 0) is 91.4 Å². The summed E-state index contributed by atoms with van der Waals surface area (Å²) in [5.74, 6) is 0.820. The van der Waals surface area contributed by atoms with Crippen molar-refractivity contribution in [3.8, 4) is 5.75 Å². The van der Waals surface area contributed by atoms with E-state index in [1.807, 2.05) is 22.6 Å². The topological polar surface area (TPSA) is 63.7 Å². The minimum atomic E-state index is -3.66. The first-order valence-electron chi connectivity index (χ1n) is 10.9. The molecule has 1 heterocycles. The first kappa shape index (κ1) is 21.1. The summed E-state index contributed by atoms with van der Waals surface area (Å²) in [7, 11) is -3.66. The van der Waals surface area contributed by atoms with Crippen molar-refractivity contribution in [2.24, 2.45) is 23.2 Å². The van der Waals surface area contributed by atoms with Crippen molar-refractivity contribution in [3.63, 3.8) is 0 Å². The average Bonchev–Trinajstić information content (AvgIpc) is 2.58. The number of hydrogen-bond donors (Lipinski definition) is 0. The summed E-state index contributed by atoms with van der Waals surface area (Å²) in [5.41, 5.74) is 0.0410. The largest absolute Gasteiger partial charge is 0.492 e. The lowest BCUT2D eigenvalue weighted by atomic mass is 9.50. The molecule has 0 atom stereocenters. The quantitative estimate of drug-likeness (QED) is 0.379. The third-order valence-electron chi connectivity index (χ3n) is 7.54. The maximum Gasteiger partial charge on any atom is 0.221 e. The Morgan fingerprint density at radius 3 is 2.27 bits per heavy atom. The van der Waals surface area contributed by atoms with Crippen LogP contribution in [0.5, 0.6) is 5.75 Å². The summed E-state index contributed by atoms with van der Waals surface area (Å²) >= 11 is 2.04. The minimum absolute atomic E-state index is 0.175. The van der Waals surface area contributed by atoms with E-state index in [2.05, 4.69) is 0 Å². The molecule has 0 aromatic heterocycles. The molecule has 8 heteroatoms. The SMILES string of the molecule is O=C(CS(=O)(=O)N1CCC1)c1cc(I)c(OCC23CC4CC(CC(C4)C2)C3)cc1F. The van der Waals surface area contributed by atoms with Gasteiger partial charge in [0, 0.05) is 24.6 Å². The standard InChI is InChI=1S/C22H27FINO4S/c23-18-8-21(29-13-22-9-14-4-15(10-22)6-16(5-14)11-22)19(24)7-17(18)20(26)12-30(27,28)25-2-1-3-25/h7-8,14-16H,1-6,9-13H2. The molecule has 5 fully saturated rings. The van der Waals surface area contributed by atoms with Gasteiger partial charge in [0.15, 0.2) is 5.78 Å². The van der Waals surface area contributed by atoms with Gasteiger partial charge in [-0.25, -0.2) is 17.1 Å². The second-order valence-electron chi connectivity index (χ2n) is 9.90. The fourth-order valence-corrected chi connectivity index (χ4v) is 8.56. The van der Waals surface area contributed by atoms with Crippen LogP contribution in [0, 0.1) is 32.6 Å². The highest BCUT2D eigenvalue weighted by Crippen LogP contribution is 2.60. The Morgan fingerprint density at radius 2 is 1.73 bits per heavy atom. The van der Waals surface area contributed by atoms with Crippen LogP contribution < -0.4 is 4.74 Å². The zero-order chi connectivity index (χ0) is 21.1. The predicted octanol–water partition coefficient (Wildman–Crippen LogP) is 4.24. The maximum atomic E-state index is 14.7. The molecule has 0 N–H and O–H groups in total. The molecule has 0 spiro atoms. The molecule has 1 aromatic rings. The Morgan fingerprint density at radius 1 is 1.13 bits per heavy atom. The van der Waals surface area contributed by atoms with E-state index in [9.17, 15) is 17.6 Å². The Hall–Kier alpha value is -0.740.